The van der Waals surface area contributed by atoms with E-state index < -0.39 is 23.5 Å². The first kappa shape index (κ1) is 9.37. The van der Waals surface area contributed by atoms with E-state index in [4.69, 9.17) is 10.8 Å². The summed E-state index contributed by atoms with van der Waals surface area (Å²) in [6.45, 7) is 0. The van der Waals surface area contributed by atoms with Crippen molar-refractivity contribution in [1.82, 2.24) is 4.98 Å². The van der Waals surface area contributed by atoms with Gasteiger partial charge in [0.25, 0.3) is 6.43 Å². The van der Waals surface area contributed by atoms with Crippen LogP contribution in [-0.4, -0.2) is 16.1 Å². The summed E-state index contributed by atoms with van der Waals surface area (Å²) >= 11 is 0. The number of carboxylic acids is 1. The van der Waals surface area contributed by atoms with Crippen LogP contribution in [0.15, 0.2) is 12.4 Å². The molecule has 0 aliphatic carbocycles. The Morgan fingerprint density at radius 2 is 2.15 bits per heavy atom. The van der Waals surface area contributed by atoms with Crippen molar-refractivity contribution < 1.29 is 18.7 Å². The van der Waals surface area contributed by atoms with Crippen molar-refractivity contribution in [1.29, 1.82) is 0 Å². The lowest BCUT2D eigenvalue weighted by atomic mass is 10.1. The summed E-state index contributed by atoms with van der Waals surface area (Å²) in [5.74, 6) is -1.46. The summed E-state index contributed by atoms with van der Waals surface area (Å²) in [6.07, 6.45) is -1.07. The van der Waals surface area contributed by atoms with Crippen molar-refractivity contribution in [3.05, 3.63) is 23.5 Å². The third-order valence-corrected chi connectivity index (χ3v) is 1.47. The van der Waals surface area contributed by atoms with E-state index >= 15 is 0 Å². The van der Waals surface area contributed by atoms with Crippen LogP contribution in [0.2, 0.25) is 0 Å². The van der Waals surface area contributed by atoms with Gasteiger partial charge in [0.05, 0.1) is 23.0 Å². The van der Waals surface area contributed by atoms with E-state index in [1.165, 1.54) is 0 Å². The molecule has 1 aromatic heterocycles. The van der Waals surface area contributed by atoms with Crippen LogP contribution in [0.1, 0.15) is 22.3 Å². The molecule has 1 heterocycles. The van der Waals surface area contributed by atoms with Gasteiger partial charge < -0.3 is 10.8 Å². The van der Waals surface area contributed by atoms with Gasteiger partial charge in [0.2, 0.25) is 0 Å². The summed E-state index contributed by atoms with van der Waals surface area (Å²) in [5.41, 5.74) is 3.61. The van der Waals surface area contributed by atoms with Crippen molar-refractivity contribution in [3.63, 3.8) is 0 Å². The van der Waals surface area contributed by atoms with E-state index in [0.29, 0.717) is 0 Å². The minimum absolute atomic E-state index is 0.310. The average Bonchev–Trinajstić information content (AvgIpc) is 2.02. The zero-order valence-electron chi connectivity index (χ0n) is 6.37. The van der Waals surface area contributed by atoms with E-state index in [9.17, 15) is 13.6 Å². The van der Waals surface area contributed by atoms with E-state index in [2.05, 4.69) is 4.98 Å². The molecule has 1 aromatic rings. The van der Waals surface area contributed by atoms with E-state index in [1.807, 2.05) is 0 Å². The van der Waals surface area contributed by atoms with Crippen molar-refractivity contribution in [2.24, 2.45) is 0 Å². The monoisotopic (exact) mass is 188 g/mol. The largest absolute Gasteiger partial charge is 0.478 e. The van der Waals surface area contributed by atoms with Crippen molar-refractivity contribution in [3.8, 4) is 0 Å². The van der Waals surface area contributed by atoms with Gasteiger partial charge in [-0.3, -0.25) is 4.98 Å². The molecule has 1 rings (SSSR count). The highest BCUT2D eigenvalue weighted by Crippen LogP contribution is 2.27. The Bertz CT molecular complexity index is 341. The minimum atomic E-state index is -2.91. The van der Waals surface area contributed by atoms with E-state index in [-0.39, 0.29) is 5.69 Å². The number of halogens is 2. The van der Waals surface area contributed by atoms with Gasteiger partial charge in [0, 0.05) is 6.20 Å². The first-order valence-corrected chi connectivity index (χ1v) is 3.29. The zero-order chi connectivity index (χ0) is 10.0. The quantitative estimate of drug-likeness (QED) is 0.733. The van der Waals surface area contributed by atoms with E-state index in [0.717, 1.165) is 12.4 Å². The summed E-state index contributed by atoms with van der Waals surface area (Å²) in [5, 5.41) is 8.51. The molecule has 0 atom stereocenters. The number of rotatable bonds is 2. The molecule has 0 unspecified atom stereocenters. The Morgan fingerprint density at radius 1 is 1.54 bits per heavy atom. The molecule has 0 saturated heterocycles. The number of aromatic carboxylic acids is 1. The van der Waals surface area contributed by atoms with Crippen LogP contribution in [0.4, 0.5) is 14.5 Å². The van der Waals surface area contributed by atoms with Crippen LogP contribution in [0.3, 0.4) is 0 Å². The summed E-state index contributed by atoms with van der Waals surface area (Å²) in [4.78, 5) is 13.9. The SMILES string of the molecule is Nc1cncc(C(=O)O)c1C(F)F. The highest BCUT2D eigenvalue weighted by atomic mass is 19.3. The third-order valence-electron chi connectivity index (χ3n) is 1.47. The van der Waals surface area contributed by atoms with E-state index in [1.54, 1.807) is 0 Å². The highest BCUT2D eigenvalue weighted by molar-refractivity contribution is 5.90. The Hall–Kier alpha value is -1.72. The molecule has 3 N–H and O–H groups in total. The van der Waals surface area contributed by atoms with Crippen LogP contribution < -0.4 is 5.73 Å². The molecule has 4 nitrogen and oxygen atoms in total. The molecule has 0 aliphatic rings. The number of nitrogens with zero attached hydrogens (tertiary/aromatic N) is 1. The lowest BCUT2D eigenvalue weighted by Gasteiger charge is -2.06. The minimum Gasteiger partial charge on any atom is -0.478 e. The molecule has 0 bridgehead atoms. The fourth-order valence-corrected chi connectivity index (χ4v) is 0.901. The van der Waals surface area contributed by atoms with Crippen molar-refractivity contribution in [2.45, 2.75) is 6.43 Å². The Balaban J connectivity index is 3.34. The summed E-state index contributed by atoms with van der Waals surface area (Å²) in [6, 6.07) is 0. The molecule has 13 heavy (non-hydrogen) atoms. The van der Waals surface area contributed by atoms with Gasteiger partial charge >= 0.3 is 5.97 Å². The van der Waals surface area contributed by atoms with Crippen LogP contribution in [-0.2, 0) is 0 Å². The van der Waals surface area contributed by atoms with Gasteiger partial charge in [0.1, 0.15) is 0 Å². The number of nitrogens with two attached hydrogens (primary N) is 1. The molecular formula is C7H6F2N2O2. The average molecular weight is 188 g/mol. The molecule has 0 spiro atoms. The number of carboxylic acid groups (broad SMARTS) is 1. The number of aromatic nitrogens is 1. The van der Waals surface area contributed by atoms with Crippen LogP contribution in [0, 0.1) is 0 Å². The summed E-state index contributed by atoms with van der Waals surface area (Å²) in [7, 11) is 0. The standard InChI is InChI=1S/C7H6F2N2O2/c8-6(9)5-3(7(12)13)1-11-2-4(5)10/h1-2,6H,10H2,(H,12,13). The Morgan fingerprint density at radius 3 is 2.54 bits per heavy atom. The molecule has 0 saturated carbocycles. The maximum Gasteiger partial charge on any atom is 0.337 e. The van der Waals surface area contributed by atoms with Gasteiger partial charge in [-0.25, -0.2) is 13.6 Å². The van der Waals surface area contributed by atoms with Gasteiger partial charge in [-0.1, -0.05) is 0 Å². The number of pyridine rings is 1. The molecule has 0 aromatic carbocycles. The zero-order valence-corrected chi connectivity index (χ0v) is 6.37. The number of nitrogen functional groups attached to an aromatic ring is 1. The van der Waals surface area contributed by atoms with Gasteiger partial charge in [-0.2, -0.15) is 0 Å². The second kappa shape index (κ2) is 3.34. The fraction of sp³-hybridized carbons (Fsp3) is 0.143. The molecule has 70 valence electrons. The number of anilines is 1. The molecule has 0 fully saturated rings. The molecule has 0 aliphatic heterocycles. The number of hydrogen-bond acceptors (Lipinski definition) is 3. The van der Waals surface area contributed by atoms with Crippen LogP contribution in [0.5, 0.6) is 0 Å². The second-order valence-electron chi connectivity index (χ2n) is 2.30. The van der Waals surface area contributed by atoms with Crippen molar-refractivity contribution >= 4 is 11.7 Å². The number of hydrogen-bond donors (Lipinski definition) is 2. The third kappa shape index (κ3) is 1.71. The smallest absolute Gasteiger partial charge is 0.337 e. The van der Waals surface area contributed by atoms with Gasteiger partial charge in [0.15, 0.2) is 0 Å². The van der Waals surface area contributed by atoms with Crippen LogP contribution >= 0.6 is 0 Å². The first-order chi connectivity index (χ1) is 6.04. The highest BCUT2D eigenvalue weighted by Gasteiger charge is 2.20. The van der Waals surface area contributed by atoms with Crippen molar-refractivity contribution in [2.75, 3.05) is 5.73 Å². The normalized spacial score (nSPS) is 10.4. The van der Waals surface area contributed by atoms with Crippen LogP contribution in [0.25, 0.3) is 0 Å². The molecular weight excluding hydrogens is 182 g/mol. The maximum absolute atomic E-state index is 12.3. The predicted octanol–water partition coefficient (Wildman–Crippen LogP) is 1.30. The summed E-state index contributed by atoms with van der Waals surface area (Å²) < 4.78 is 24.6. The first-order valence-electron chi connectivity index (χ1n) is 3.29. The lowest BCUT2D eigenvalue weighted by molar-refractivity contribution is 0.0684. The van der Waals surface area contributed by atoms with Gasteiger partial charge in [-0.15, -0.1) is 0 Å². The topological polar surface area (TPSA) is 76.2 Å². The maximum atomic E-state index is 12.3. The van der Waals surface area contributed by atoms with Gasteiger partial charge in [-0.05, 0) is 0 Å². The second-order valence-corrected chi connectivity index (χ2v) is 2.30. The Kier molecular flexibility index (Phi) is 2.41. The predicted molar refractivity (Wildman–Crippen MR) is 40.6 cm³/mol. The lowest BCUT2D eigenvalue weighted by Crippen LogP contribution is -2.07. The fourth-order valence-electron chi connectivity index (χ4n) is 0.901. The number of alkyl halides is 2. The molecule has 0 amide bonds. The molecule has 0 radical (unpaired) electrons. The Labute approximate surface area is 72.0 Å². The number of carbonyl (C=O) groups is 1. The molecule has 6 heteroatoms.